The molecule has 0 saturated heterocycles. The van der Waals surface area contributed by atoms with E-state index in [1.165, 1.54) is 5.56 Å². The van der Waals surface area contributed by atoms with Gasteiger partial charge in [-0.1, -0.05) is 11.6 Å². The fourth-order valence-electron chi connectivity index (χ4n) is 3.45. The van der Waals surface area contributed by atoms with E-state index in [2.05, 4.69) is 25.6 Å². The first-order valence-corrected chi connectivity index (χ1v) is 9.17. The van der Waals surface area contributed by atoms with Crippen molar-refractivity contribution in [2.45, 2.75) is 39.0 Å². The lowest BCUT2D eigenvalue weighted by Crippen LogP contribution is -2.33. The first kappa shape index (κ1) is 17.1. The minimum atomic E-state index is -0.721. The van der Waals surface area contributed by atoms with Crippen molar-refractivity contribution in [3.8, 4) is 11.3 Å². The van der Waals surface area contributed by atoms with E-state index >= 15 is 0 Å². The number of nitrogens with one attached hydrogen (secondary N) is 2. The van der Waals surface area contributed by atoms with Crippen LogP contribution in [0.1, 0.15) is 24.6 Å². The number of aromatic nitrogens is 5. The lowest BCUT2D eigenvalue weighted by atomic mass is 9.84. The minimum absolute atomic E-state index is 0.0588. The third-order valence-electron chi connectivity index (χ3n) is 4.91. The number of fused-ring (bicyclic) bond motifs is 1. The highest BCUT2D eigenvalue weighted by Crippen LogP contribution is 2.33. The fourth-order valence-corrected chi connectivity index (χ4v) is 3.66. The van der Waals surface area contributed by atoms with Gasteiger partial charge in [-0.05, 0) is 38.3 Å². The van der Waals surface area contributed by atoms with E-state index in [0.717, 1.165) is 42.8 Å². The first-order valence-electron chi connectivity index (χ1n) is 8.79. The maximum atomic E-state index is 10.7. The van der Waals surface area contributed by atoms with Crippen LogP contribution in [0.2, 0.25) is 5.02 Å². The lowest BCUT2D eigenvalue weighted by molar-refractivity contribution is 0.124. The number of rotatable bonds is 5. The summed E-state index contributed by atoms with van der Waals surface area (Å²) in [5.41, 5.74) is 4.28. The summed E-state index contributed by atoms with van der Waals surface area (Å²) in [4.78, 5) is 4.07. The molecule has 136 valence electrons. The number of aryl methyl sites for hydroxylation is 2. The second-order valence-corrected chi connectivity index (χ2v) is 6.95. The number of aliphatic hydroxyl groups excluding tert-OH is 1. The summed E-state index contributed by atoms with van der Waals surface area (Å²) < 4.78 is 1.74. The summed E-state index contributed by atoms with van der Waals surface area (Å²) in [5.74, 6) is 0.580. The van der Waals surface area contributed by atoms with Crippen LogP contribution in [-0.4, -0.2) is 36.3 Å². The van der Waals surface area contributed by atoms with Gasteiger partial charge in [-0.25, -0.2) is 0 Å². The SMILES string of the molecule is CCn1cc(Cl)c(NC(O)C2CCc3[nH]nc(-c4ccncc4)c3C2)n1. The molecular formula is C18H21ClN6O. The molecule has 7 nitrogen and oxygen atoms in total. The van der Waals surface area contributed by atoms with Crippen LogP contribution in [0.3, 0.4) is 0 Å². The van der Waals surface area contributed by atoms with Crippen molar-refractivity contribution < 1.29 is 5.11 Å². The number of hydrogen-bond donors (Lipinski definition) is 3. The summed E-state index contributed by atoms with van der Waals surface area (Å²) in [5, 5.41) is 26.3. The quantitative estimate of drug-likeness (QED) is 0.599. The number of aromatic amines is 1. The average Bonchev–Trinajstić information content (AvgIpc) is 3.25. The van der Waals surface area contributed by atoms with Gasteiger partial charge in [-0.3, -0.25) is 14.8 Å². The molecule has 3 aromatic heterocycles. The predicted molar refractivity (Wildman–Crippen MR) is 99.9 cm³/mol. The Kier molecular flexibility index (Phi) is 4.65. The van der Waals surface area contributed by atoms with Gasteiger partial charge in [-0.2, -0.15) is 10.2 Å². The Morgan fingerprint density at radius 2 is 2.23 bits per heavy atom. The lowest BCUT2D eigenvalue weighted by Gasteiger charge is -2.27. The molecule has 1 aliphatic carbocycles. The van der Waals surface area contributed by atoms with Crippen LogP contribution in [0.25, 0.3) is 11.3 Å². The van der Waals surface area contributed by atoms with E-state index in [1.54, 1.807) is 23.3 Å². The molecule has 8 heteroatoms. The molecule has 2 unspecified atom stereocenters. The van der Waals surface area contributed by atoms with Gasteiger partial charge in [0.15, 0.2) is 5.82 Å². The molecule has 0 radical (unpaired) electrons. The van der Waals surface area contributed by atoms with Crippen LogP contribution < -0.4 is 5.32 Å². The molecular weight excluding hydrogens is 352 g/mol. The van der Waals surface area contributed by atoms with E-state index in [0.29, 0.717) is 10.8 Å². The molecule has 0 amide bonds. The molecule has 3 heterocycles. The van der Waals surface area contributed by atoms with Crippen molar-refractivity contribution in [1.29, 1.82) is 0 Å². The third-order valence-corrected chi connectivity index (χ3v) is 5.19. The van der Waals surface area contributed by atoms with E-state index in [4.69, 9.17) is 11.6 Å². The summed E-state index contributed by atoms with van der Waals surface area (Å²) in [7, 11) is 0. The van der Waals surface area contributed by atoms with Crippen molar-refractivity contribution >= 4 is 17.4 Å². The van der Waals surface area contributed by atoms with E-state index < -0.39 is 6.23 Å². The molecule has 0 bridgehead atoms. The highest BCUT2D eigenvalue weighted by molar-refractivity contribution is 6.32. The van der Waals surface area contributed by atoms with Crippen LogP contribution >= 0.6 is 11.6 Å². The fraction of sp³-hybridized carbons (Fsp3) is 0.389. The Hall–Kier alpha value is -2.38. The van der Waals surface area contributed by atoms with Crippen LogP contribution in [0.15, 0.2) is 30.7 Å². The maximum absolute atomic E-state index is 10.7. The van der Waals surface area contributed by atoms with Crippen molar-refractivity contribution in [1.82, 2.24) is 25.0 Å². The number of halogens is 1. The molecule has 0 spiro atoms. The number of nitrogens with zero attached hydrogens (tertiary/aromatic N) is 4. The van der Waals surface area contributed by atoms with Gasteiger partial charge in [0.25, 0.3) is 0 Å². The molecule has 3 aromatic rings. The highest BCUT2D eigenvalue weighted by Gasteiger charge is 2.29. The van der Waals surface area contributed by atoms with E-state index in [1.807, 2.05) is 19.1 Å². The molecule has 0 fully saturated rings. The number of H-pyrrole nitrogens is 1. The topological polar surface area (TPSA) is 91.7 Å². The van der Waals surface area contributed by atoms with Gasteiger partial charge in [-0.15, -0.1) is 0 Å². The minimum Gasteiger partial charge on any atom is -0.373 e. The predicted octanol–water partition coefficient (Wildman–Crippen LogP) is 2.88. The number of pyridine rings is 1. The van der Waals surface area contributed by atoms with Crippen LogP contribution in [0.4, 0.5) is 5.82 Å². The number of anilines is 1. The Balaban J connectivity index is 1.52. The molecule has 2 atom stereocenters. The summed E-state index contributed by atoms with van der Waals surface area (Å²) in [6, 6.07) is 3.90. The molecule has 4 rings (SSSR count). The van der Waals surface area contributed by atoms with Gasteiger partial charge in [0.1, 0.15) is 11.3 Å². The van der Waals surface area contributed by atoms with E-state index in [-0.39, 0.29) is 5.92 Å². The Bertz CT molecular complexity index is 890. The molecule has 0 aliphatic heterocycles. The molecule has 26 heavy (non-hydrogen) atoms. The molecule has 0 saturated carbocycles. The van der Waals surface area contributed by atoms with Crippen molar-refractivity contribution in [3.05, 3.63) is 47.0 Å². The maximum Gasteiger partial charge on any atom is 0.168 e. The monoisotopic (exact) mass is 372 g/mol. The summed E-state index contributed by atoms with van der Waals surface area (Å²) in [6.07, 6.45) is 7.02. The zero-order chi connectivity index (χ0) is 18.1. The van der Waals surface area contributed by atoms with Crippen molar-refractivity contribution in [2.75, 3.05) is 5.32 Å². The number of hydrogen-bond acceptors (Lipinski definition) is 5. The number of aliphatic hydroxyl groups is 1. The summed E-state index contributed by atoms with van der Waals surface area (Å²) >= 11 is 6.20. The van der Waals surface area contributed by atoms with Crippen molar-refractivity contribution in [3.63, 3.8) is 0 Å². The Morgan fingerprint density at radius 1 is 1.42 bits per heavy atom. The highest BCUT2D eigenvalue weighted by atomic mass is 35.5. The van der Waals surface area contributed by atoms with Crippen LogP contribution in [0, 0.1) is 5.92 Å². The van der Waals surface area contributed by atoms with Crippen molar-refractivity contribution in [2.24, 2.45) is 5.92 Å². The Morgan fingerprint density at radius 3 is 2.96 bits per heavy atom. The van der Waals surface area contributed by atoms with Gasteiger partial charge < -0.3 is 10.4 Å². The molecule has 3 N–H and O–H groups in total. The van der Waals surface area contributed by atoms with Gasteiger partial charge in [0.05, 0.1) is 5.69 Å². The zero-order valence-electron chi connectivity index (χ0n) is 14.5. The second kappa shape index (κ2) is 7.09. The standard InChI is InChI=1S/C18H21ClN6O/c1-2-25-10-14(19)17(24-25)21-18(26)12-3-4-15-13(9-12)16(23-22-15)11-5-7-20-8-6-11/h5-8,10,12,18,26H,2-4,9H2,1H3,(H,21,24)(H,22,23). The smallest absolute Gasteiger partial charge is 0.168 e. The average molecular weight is 373 g/mol. The molecule has 0 aromatic carbocycles. The van der Waals surface area contributed by atoms with Gasteiger partial charge in [0.2, 0.25) is 0 Å². The van der Waals surface area contributed by atoms with Crippen LogP contribution in [-0.2, 0) is 19.4 Å². The first-order chi connectivity index (χ1) is 12.7. The second-order valence-electron chi connectivity index (χ2n) is 6.54. The third kappa shape index (κ3) is 3.20. The normalized spacial score (nSPS) is 17.7. The summed E-state index contributed by atoms with van der Waals surface area (Å²) in [6.45, 7) is 2.72. The molecule has 1 aliphatic rings. The largest absolute Gasteiger partial charge is 0.373 e. The van der Waals surface area contributed by atoms with Gasteiger partial charge in [0, 0.05) is 47.9 Å². The van der Waals surface area contributed by atoms with Crippen LogP contribution in [0.5, 0.6) is 0 Å². The Labute approximate surface area is 156 Å². The van der Waals surface area contributed by atoms with E-state index in [9.17, 15) is 5.11 Å². The zero-order valence-corrected chi connectivity index (χ0v) is 15.2. The van der Waals surface area contributed by atoms with Gasteiger partial charge >= 0.3 is 0 Å².